The molecule has 0 aliphatic carbocycles. The third-order valence-corrected chi connectivity index (χ3v) is 5.94. The summed E-state index contributed by atoms with van der Waals surface area (Å²) < 4.78 is 12.2. The number of hydrogen-bond donors (Lipinski definition) is 1. The summed E-state index contributed by atoms with van der Waals surface area (Å²) in [6.07, 6.45) is 1.52. The number of aryl methyl sites for hydroxylation is 1. The van der Waals surface area contributed by atoms with Crippen molar-refractivity contribution in [3.8, 4) is 11.5 Å². The maximum absolute atomic E-state index is 13.2. The number of halogens is 2. The lowest BCUT2D eigenvalue weighted by Crippen LogP contribution is -2.54. The van der Waals surface area contributed by atoms with Crippen LogP contribution in [0.2, 0.25) is 5.02 Å². The number of carbonyl (C=O) groups is 2. The van der Waals surface area contributed by atoms with Crippen LogP contribution in [0.3, 0.4) is 0 Å². The molecule has 2 amide bonds. The summed E-state index contributed by atoms with van der Waals surface area (Å²) in [6, 6.07) is 8.72. The number of rotatable bonds is 6. The summed E-state index contributed by atoms with van der Waals surface area (Å²) in [6.45, 7) is 6.56. The first-order chi connectivity index (χ1) is 14.8. The first kappa shape index (κ1) is 23.5. The van der Waals surface area contributed by atoms with Gasteiger partial charge < -0.3 is 9.47 Å². The minimum atomic E-state index is -0.564. The van der Waals surface area contributed by atoms with E-state index in [1.54, 1.807) is 24.3 Å². The van der Waals surface area contributed by atoms with Gasteiger partial charge in [-0.25, -0.2) is 0 Å². The molecule has 2 aromatic carbocycles. The molecular weight excluding hydrogens is 551 g/mol. The first-order valence-electron chi connectivity index (χ1n) is 9.53. The van der Waals surface area contributed by atoms with Crippen LogP contribution >= 0.6 is 46.4 Å². The minimum absolute atomic E-state index is 0.00310. The number of nitrogens with one attached hydrogen (secondary N) is 1. The third kappa shape index (κ3) is 5.02. The Kier molecular flexibility index (Phi) is 7.55. The molecule has 0 saturated carbocycles. The van der Waals surface area contributed by atoms with Crippen molar-refractivity contribution in [1.82, 2.24) is 5.32 Å². The van der Waals surface area contributed by atoms with E-state index < -0.39 is 11.8 Å². The van der Waals surface area contributed by atoms with Crippen LogP contribution < -0.4 is 19.7 Å². The molecule has 1 saturated heterocycles. The molecule has 162 valence electrons. The van der Waals surface area contributed by atoms with Crippen molar-refractivity contribution in [2.24, 2.45) is 0 Å². The van der Waals surface area contributed by atoms with Crippen molar-refractivity contribution in [2.45, 2.75) is 20.8 Å². The fourth-order valence-corrected chi connectivity index (χ4v) is 4.23. The van der Waals surface area contributed by atoms with Crippen LogP contribution in [0.25, 0.3) is 6.08 Å². The topological polar surface area (TPSA) is 67.9 Å². The van der Waals surface area contributed by atoms with Gasteiger partial charge in [0.05, 0.1) is 22.5 Å². The fraction of sp³-hybridized carbons (Fsp3) is 0.227. The van der Waals surface area contributed by atoms with E-state index in [1.165, 1.54) is 11.0 Å². The normalized spacial score (nSPS) is 15.3. The highest BCUT2D eigenvalue weighted by atomic mass is 127. The Hall–Kier alpha value is -2.17. The van der Waals surface area contributed by atoms with E-state index in [-0.39, 0.29) is 10.7 Å². The summed E-state index contributed by atoms with van der Waals surface area (Å²) in [5.41, 5.74) is 1.93. The van der Waals surface area contributed by atoms with Gasteiger partial charge in [-0.3, -0.25) is 19.8 Å². The minimum Gasteiger partial charge on any atom is -0.490 e. The van der Waals surface area contributed by atoms with Gasteiger partial charge in [-0.05, 0) is 97.0 Å². The zero-order valence-corrected chi connectivity index (χ0v) is 20.9. The van der Waals surface area contributed by atoms with Crippen LogP contribution in [-0.2, 0) is 9.59 Å². The number of carbonyl (C=O) groups excluding carboxylic acids is 2. The SMILES string of the molecule is CCOc1cc(/C=C2\C(=O)NC(=S)N(c3ccc(C)c(Cl)c3)C2=O)cc(I)c1OCC. The molecule has 0 unspecified atom stereocenters. The molecule has 1 heterocycles. The number of amides is 2. The Morgan fingerprint density at radius 3 is 2.52 bits per heavy atom. The highest BCUT2D eigenvalue weighted by molar-refractivity contribution is 14.1. The van der Waals surface area contributed by atoms with Crippen molar-refractivity contribution >= 4 is 75.1 Å². The highest BCUT2D eigenvalue weighted by Gasteiger charge is 2.34. The third-order valence-electron chi connectivity index (χ3n) is 4.45. The van der Waals surface area contributed by atoms with Crippen LogP contribution in [0.15, 0.2) is 35.9 Å². The molecule has 0 atom stereocenters. The van der Waals surface area contributed by atoms with Gasteiger partial charge in [0.15, 0.2) is 16.6 Å². The van der Waals surface area contributed by atoms with Gasteiger partial charge in [-0.15, -0.1) is 0 Å². The average molecular weight is 571 g/mol. The molecular formula is C22H20ClIN2O4S. The molecule has 0 bridgehead atoms. The number of benzene rings is 2. The Bertz CT molecular complexity index is 1100. The second-order valence-electron chi connectivity index (χ2n) is 6.59. The van der Waals surface area contributed by atoms with Crippen LogP contribution in [0.5, 0.6) is 11.5 Å². The largest absolute Gasteiger partial charge is 0.490 e. The van der Waals surface area contributed by atoms with E-state index in [1.807, 2.05) is 26.8 Å². The van der Waals surface area contributed by atoms with Crippen molar-refractivity contribution in [1.29, 1.82) is 0 Å². The van der Waals surface area contributed by atoms with Crippen LogP contribution in [0, 0.1) is 10.5 Å². The molecule has 1 aliphatic rings. The molecule has 9 heteroatoms. The standard InChI is InChI=1S/C22H20ClIN2O4S/c1-4-29-18-10-13(9-17(24)19(18)30-5-2)8-15-20(27)25-22(31)26(21(15)28)14-7-6-12(3)16(23)11-14/h6-11H,4-5H2,1-3H3,(H,25,27,31)/b15-8+. The number of ether oxygens (including phenoxy) is 2. The second-order valence-corrected chi connectivity index (χ2v) is 8.54. The zero-order valence-electron chi connectivity index (χ0n) is 17.1. The molecule has 0 radical (unpaired) electrons. The number of thiocarbonyl (C=S) groups is 1. The fourth-order valence-electron chi connectivity index (χ4n) is 3.00. The Morgan fingerprint density at radius 2 is 1.87 bits per heavy atom. The molecule has 1 aliphatic heterocycles. The molecule has 6 nitrogen and oxygen atoms in total. The van der Waals surface area contributed by atoms with Crippen LogP contribution in [0.1, 0.15) is 25.0 Å². The summed E-state index contributed by atoms with van der Waals surface area (Å²) in [7, 11) is 0. The van der Waals surface area contributed by atoms with E-state index in [2.05, 4.69) is 27.9 Å². The number of anilines is 1. The quantitative estimate of drug-likeness (QED) is 0.232. The molecule has 0 aromatic heterocycles. The van der Waals surface area contributed by atoms with Crippen molar-refractivity contribution in [3.63, 3.8) is 0 Å². The predicted octanol–water partition coefficient (Wildman–Crippen LogP) is 4.88. The van der Waals surface area contributed by atoms with E-state index in [4.69, 9.17) is 33.3 Å². The van der Waals surface area contributed by atoms with Gasteiger partial charge in [0.25, 0.3) is 11.8 Å². The summed E-state index contributed by atoms with van der Waals surface area (Å²) in [4.78, 5) is 27.1. The Labute approximate surface area is 204 Å². The van der Waals surface area contributed by atoms with Gasteiger partial charge in [0, 0.05) is 5.02 Å². The van der Waals surface area contributed by atoms with Gasteiger partial charge in [0.2, 0.25) is 0 Å². The highest BCUT2D eigenvalue weighted by Crippen LogP contribution is 2.35. The lowest BCUT2D eigenvalue weighted by molar-refractivity contribution is -0.122. The van der Waals surface area contributed by atoms with Gasteiger partial charge in [-0.1, -0.05) is 17.7 Å². The Morgan fingerprint density at radius 1 is 1.16 bits per heavy atom. The maximum Gasteiger partial charge on any atom is 0.270 e. The van der Waals surface area contributed by atoms with Crippen molar-refractivity contribution < 1.29 is 19.1 Å². The summed E-state index contributed by atoms with van der Waals surface area (Å²) in [5, 5.41) is 3.08. The predicted molar refractivity (Wildman–Crippen MR) is 134 cm³/mol. The molecule has 0 spiro atoms. The molecule has 1 N–H and O–H groups in total. The van der Waals surface area contributed by atoms with E-state index >= 15 is 0 Å². The second kappa shape index (κ2) is 9.97. The van der Waals surface area contributed by atoms with Crippen LogP contribution in [0.4, 0.5) is 5.69 Å². The maximum atomic E-state index is 13.2. The Balaban J connectivity index is 2.04. The van der Waals surface area contributed by atoms with Gasteiger partial charge in [0.1, 0.15) is 5.57 Å². The van der Waals surface area contributed by atoms with Gasteiger partial charge in [-0.2, -0.15) is 0 Å². The molecule has 1 fully saturated rings. The summed E-state index contributed by atoms with van der Waals surface area (Å²) in [5.74, 6) is 0.0786. The van der Waals surface area contributed by atoms with Crippen molar-refractivity contribution in [2.75, 3.05) is 18.1 Å². The molecule has 31 heavy (non-hydrogen) atoms. The molecule has 2 aromatic rings. The zero-order chi connectivity index (χ0) is 22.7. The number of nitrogens with zero attached hydrogens (tertiary/aromatic N) is 1. The first-order valence-corrected chi connectivity index (χ1v) is 11.4. The summed E-state index contributed by atoms with van der Waals surface area (Å²) >= 11 is 13.6. The number of hydrogen-bond acceptors (Lipinski definition) is 5. The van der Waals surface area contributed by atoms with Crippen molar-refractivity contribution in [3.05, 3.63) is 55.6 Å². The van der Waals surface area contributed by atoms with Crippen LogP contribution in [-0.4, -0.2) is 30.1 Å². The monoisotopic (exact) mass is 570 g/mol. The van der Waals surface area contributed by atoms with E-state index in [0.29, 0.717) is 41.0 Å². The van der Waals surface area contributed by atoms with E-state index in [0.717, 1.165) is 9.13 Å². The average Bonchev–Trinajstić information content (AvgIpc) is 2.70. The molecule has 3 rings (SSSR count). The van der Waals surface area contributed by atoms with E-state index in [9.17, 15) is 9.59 Å². The van der Waals surface area contributed by atoms with Gasteiger partial charge >= 0.3 is 0 Å². The smallest absolute Gasteiger partial charge is 0.270 e. The lowest BCUT2D eigenvalue weighted by Gasteiger charge is -2.29. The lowest BCUT2D eigenvalue weighted by atomic mass is 10.1.